The third-order valence-electron chi connectivity index (χ3n) is 3.69. The first-order valence-electron chi connectivity index (χ1n) is 6.53. The Hall–Kier alpha value is -1.20. The van der Waals surface area contributed by atoms with E-state index in [1.54, 1.807) is 0 Å². The van der Waals surface area contributed by atoms with Crippen LogP contribution >= 0.6 is 15.9 Å². The van der Waals surface area contributed by atoms with E-state index >= 15 is 0 Å². The van der Waals surface area contributed by atoms with Gasteiger partial charge in [-0.1, -0.05) is 46.1 Å². The fourth-order valence-electron chi connectivity index (χ4n) is 2.64. The van der Waals surface area contributed by atoms with E-state index in [4.69, 9.17) is 10.3 Å². The van der Waals surface area contributed by atoms with Gasteiger partial charge in [0.25, 0.3) is 0 Å². The van der Waals surface area contributed by atoms with E-state index in [2.05, 4.69) is 26.1 Å². The van der Waals surface area contributed by atoms with E-state index in [0.29, 0.717) is 18.1 Å². The normalized spacial score (nSPS) is 17.8. The molecular weight excluding hydrogens is 306 g/mol. The van der Waals surface area contributed by atoms with Crippen LogP contribution in [0.5, 0.6) is 0 Å². The molecule has 0 atom stereocenters. The van der Waals surface area contributed by atoms with Gasteiger partial charge in [-0.3, -0.25) is 0 Å². The third kappa shape index (κ3) is 2.72. The predicted molar refractivity (Wildman–Crippen MR) is 76.5 cm³/mol. The average Bonchev–Trinajstić information content (AvgIpc) is 3.00. The summed E-state index contributed by atoms with van der Waals surface area (Å²) in [7, 11) is 0. The molecule has 1 aliphatic carbocycles. The minimum absolute atomic E-state index is 0.155. The zero-order valence-corrected chi connectivity index (χ0v) is 12.2. The zero-order valence-electron chi connectivity index (χ0n) is 10.6. The molecule has 2 N–H and O–H groups in total. The maximum atomic E-state index is 6.33. The quantitative estimate of drug-likeness (QED) is 0.941. The summed E-state index contributed by atoms with van der Waals surface area (Å²) < 4.78 is 6.30. The molecule has 4 nitrogen and oxygen atoms in total. The zero-order chi connectivity index (χ0) is 13.3. The van der Waals surface area contributed by atoms with Gasteiger partial charge in [0.15, 0.2) is 0 Å². The number of aromatic nitrogens is 2. The van der Waals surface area contributed by atoms with Gasteiger partial charge in [-0.15, -0.1) is 0 Å². The molecule has 1 saturated carbocycles. The van der Waals surface area contributed by atoms with Crippen LogP contribution in [0.25, 0.3) is 11.4 Å². The van der Waals surface area contributed by atoms with Crippen LogP contribution in [0.3, 0.4) is 0 Å². The molecule has 1 fully saturated rings. The van der Waals surface area contributed by atoms with Crippen molar-refractivity contribution in [1.29, 1.82) is 0 Å². The second-order valence-electron chi connectivity index (χ2n) is 5.24. The molecule has 3 rings (SSSR count). The molecule has 0 bridgehead atoms. The summed E-state index contributed by atoms with van der Waals surface area (Å²) in [6.45, 7) is 0. The maximum absolute atomic E-state index is 6.33. The minimum atomic E-state index is -0.155. The van der Waals surface area contributed by atoms with Crippen molar-refractivity contribution in [2.75, 3.05) is 0 Å². The van der Waals surface area contributed by atoms with Crippen LogP contribution in [0.15, 0.2) is 33.3 Å². The van der Waals surface area contributed by atoms with Crippen molar-refractivity contribution in [1.82, 2.24) is 10.1 Å². The molecule has 5 heteroatoms. The molecule has 0 saturated heterocycles. The lowest BCUT2D eigenvalue weighted by molar-refractivity contribution is 0.329. The van der Waals surface area contributed by atoms with Gasteiger partial charge in [0.05, 0.1) is 0 Å². The van der Waals surface area contributed by atoms with Crippen molar-refractivity contribution in [3.63, 3.8) is 0 Å². The first-order valence-corrected chi connectivity index (χ1v) is 7.32. The van der Waals surface area contributed by atoms with Gasteiger partial charge in [-0.25, -0.2) is 0 Å². The lowest BCUT2D eigenvalue weighted by Crippen LogP contribution is -2.38. The summed E-state index contributed by atoms with van der Waals surface area (Å²) >= 11 is 3.49. The molecule has 0 aliphatic heterocycles. The standard InChI is InChI=1S/C14H16BrN3O/c15-11-6-2-1-5-10(11)13-17-12(19-18-13)9-14(16)7-3-4-8-14/h1-2,5-6H,3-4,7-9,16H2. The van der Waals surface area contributed by atoms with Gasteiger partial charge in [0.1, 0.15) is 0 Å². The fourth-order valence-corrected chi connectivity index (χ4v) is 3.10. The van der Waals surface area contributed by atoms with Gasteiger partial charge in [-0.2, -0.15) is 4.98 Å². The summed E-state index contributed by atoms with van der Waals surface area (Å²) in [5, 5.41) is 4.05. The SMILES string of the molecule is NC1(Cc2nc(-c3ccccc3Br)no2)CCCC1. The second-order valence-corrected chi connectivity index (χ2v) is 6.09. The van der Waals surface area contributed by atoms with Crippen LogP contribution in [-0.2, 0) is 6.42 Å². The Morgan fingerprint density at radius 1 is 1.26 bits per heavy atom. The van der Waals surface area contributed by atoms with Crippen molar-refractivity contribution in [2.45, 2.75) is 37.6 Å². The second kappa shape index (κ2) is 5.06. The molecule has 0 unspecified atom stereocenters. The Balaban J connectivity index is 1.82. The Morgan fingerprint density at radius 2 is 2.00 bits per heavy atom. The van der Waals surface area contributed by atoms with Crippen LogP contribution < -0.4 is 5.73 Å². The number of rotatable bonds is 3. The Kier molecular flexibility index (Phi) is 3.41. The number of hydrogen-bond donors (Lipinski definition) is 1. The summed E-state index contributed by atoms with van der Waals surface area (Å²) in [4.78, 5) is 4.46. The molecule has 1 aromatic carbocycles. The highest BCUT2D eigenvalue weighted by molar-refractivity contribution is 9.10. The lowest BCUT2D eigenvalue weighted by atomic mass is 9.95. The molecule has 19 heavy (non-hydrogen) atoms. The van der Waals surface area contributed by atoms with E-state index in [-0.39, 0.29) is 5.54 Å². The molecule has 0 radical (unpaired) electrons. The van der Waals surface area contributed by atoms with E-state index in [1.807, 2.05) is 24.3 Å². The highest BCUT2D eigenvalue weighted by atomic mass is 79.9. The first kappa shape index (κ1) is 12.8. The van der Waals surface area contributed by atoms with Crippen LogP contribution in [0.1, 0.15) is 31.6 Å². The van der Waals surface area contributed by atoms with Crippen molar-refractivity contribution >= 4 is 15.9 Å². The van der Waals surface area contributed by atoms with Crippen LogP contribution in [0.2, 0.25) is 0 Å². The van der Waals surface area contributed by atoms with Crippen molar-refractivity contribution in [2.24, 2.45) is 5.73 Å². The van der Waals surface area contributed by atoms with E-state index < -0.39 is 0 Å². The molecule has 2 aromatic rings. The van der Waals surface area contributed by atoms with Gasteiger partial charge < -0.3 is 10.3 Å². The monoisotopic (exact) mass is 321 g/mol. The Bertz CT molecular complexity index is 576. The van der Waals surface area contributed by atoms with Crippen LogP contribution in [0, 0.1) is 0 Å². The third-order valence-corrected chi connectivity index (χ3v) is 4.38. The van der Waals surface area contributed by atoms with Crippen LogP contribution in [0.4, 0.5) is 0 Å². The highest BCUT2D eigenvalue weighted by Gasteiger charge is 2.31. The highest BCUT2D eigenvalue weighted by Crippen LogP contribution is 2.31. The number of nitrogens with zero attached hydrogens (tertiary/aromatic N) is 2. The first-order chi connectivity index (χ1) is 9.16. The molecule has 1 heterocycles. The summed E-state index contributed by atoms with van der Waals surface area (Å²) in [5.41, 5.74) is 7.12. The van der Waals surface area contributed by atoms with Crippen LogP contribution in [-0.4, -0.2) is 15.7 Å². The molecular formula is C14H16BrN3O. The predicted octanol–water partition coefficient (Wildman–Crippen LogP) is 3.31. The number of nitrogens with two attached hydrogens (primary N) is 1. The topological polar surface area (TPSA) is 64.9 Å². The van der Waals surface area contributed by atoms with Gasteiger partial charge >= 0.3 is 0 Å². The number of halogens is 1. The smallest absolute Gasteiger partial charge is 0.228 e. The molecule has 1 aliphatic rings. The fraction of sp³-hybridized carbons (Fsp3) is 0.429. The largest absolute Gasteiger partial charge is 0.339 e. The molecule has 0 spiro atoms. The van der Waals surface area contributed by atoms with Crippen molar-refractivity contribution in [3.8, 4) is 11.4 Å². The summed E-state index contributed by atoms with van der Waals surface area (Å²) in [6, 6.07) is 7.85. The lowest BCUT2D eigenvalue weighted by Gasteiger charge is -2.20. The van der Waals surface area contributed by atoms with Gasteiger partial charge in [-0.05, 0) is 25.0 Å². The summed E-state index contributed by atoms with van der Waals surface area (Å²) in [6.07, 6.45) is 5.15. The molecule has 1 aromatic heterocycles. The van der Waals surface area contributed by atoms with Gasteiger partial charge in [0, 0.05) is 22.0 Å². The van der Waals surface area contributed by atoms with Crippen molar-refractivity contribution < 1.29 is 4.52 Å². The van der Waals surface area contributed by atoms with E-state index in [9.17, 15) is 0 Å². The average molecular weight is 322 g/mol. The number of hydrogen-bond acceptors (Lipinski definition) is 4. The van der Waals surface area contributed by atoms with Gasteiger partial charge in [0.2, 0.25) is 11.7 Å². The minimum Gasteiger partial charge on any atom is -0.339 e. The number of benzene rings is 1. The molecule has 0 amide bonds. The summed E-state index contributed by atoms with van der Waals surface area (Å²) in [5.74, 6) is 1.25. The van der Waals surface area contributed by atoms with E-state index in [0.717, 1.165) is 22.9 Å². The molecule has 100 valence electrons. The van der Waals surface area contributed by atoms with E-state index in [1.165, 1.54) is 12.8 Å². The Labute approximate surface area is 120 Å². The van der Waals surface area contributed by atoms with Crippen molar-refractivity contribution in [3.05, 3.63) is 34.6 Å². The maximum Gasteiger partial charge on any atom is 0.228 e. The Morgan fingerprint density at radius 3 is 2.74 bits per heavy atom.